The van der Waals surface area contributed by atoms with E-state index < -0.39 is 24.1 Å². The molecule has 1 aliphatic rings. The average molecular weight is 581 g/mol. The Kier molecular flexibility index (Phi) is 13.1. The number of nitrogens with one attached hydrogen (secondary N) is 3. The number of nitrogens with zero attached hydrogens (tertiary/aromatic N) is 1. The van der Waals surface area contributed by atoms with Crippen LogP contribution >= 0.6 is 0 Å². The summed E-state index contributed by atoms with van der Waals surface area (Å²) in [6, 6.07) is 13.6. The summed E-state index contributed by atoms with van der Waals surface area (Å²) in [4.78, 5) is 53.8. The highest BCUT2D eigenvalue weighted by atomic mass is 16.5. The molecular weight excluding hydrogens is 536 g/mol. The van der Waals surface area contributed by atoms with Crippen LogP contribution in [0.25, 0.3) is 0 Å². The monoisotopic (exact) mass is 580 g/mol. The first-order chi connectivity index (χ1) is 20.3. The highest BCUT2D eigenvalue weighted by Crippen LogP contribution is 2.18. The van der Waals surface area contributed by atoms with Gasteiger partial charge < -0.3 is 30.3 Å². The zero-order valence-corrected chi connectivity index (χ0v) is 24.9. The molecule has 10 nitrogen and oxygen atoms in total. The quantitative estimate of drug-likeness (QED) is 0.430. The number of hydrogen-bond donors (Lipinski definition) is 3. The van der Waals surface area contributed by atoms with Crippen LogP contribution in [0.4, 0.5) is 4.79 Å². The van der Waals surface area contributed by atoms with Crippen molar-refractivity contribution in [1.29, 1.82) is 0 Å². The van der Waals surface area contributed by atoms with Crippen LogP contribution in [0.2, 0.25) is 0 Å². The number of fused-ring (bicyclic) bond motifs is 2. The number of alkyl carbamates (subject to hydrolysis) is 1. The molecule has 1 heterocycles. The second-order valence-electron chi connectivity index (χ2n) is 10.6. The van der Waals surface area contributed by atoms with Crippen molar-refractivity contribution in [2.75, 3.05) is 26.8 Å². The smallest absolute Gasteiger partial charge is 0.407 e. The van der Waals surface area contributed by atoms with Crippen molar-refractivity contribution in [1.82, 2.24) is 20.9 Å². The van der Waals surface area contributed by atoms with Gasteiger partial charge >= 0.3 is 6.09 Å². The fraction of sp³-hybridized carbons (Fsp3) is 0.500. The molecule has 228 valence electrons. The molecule has 0 saturated heterocycles. The van der Waals surface area contributed by atoms with Gasteiger partial charge in [-0.3, -0.25) is 14.4 Å². The molecule has 2 aromatic carbocycles. The molecule has 0 fully saturated rings. The number of amides is 4. The molecule has 3 N–H and O–H groups in total. The maximum Gasteiger partial charge on any atom is 0.407 e. The number of carbonyl (C=O) groups excluding carboxylic acids is 4. The van der Waals surface area contributed by atoms with E-state index in [0.717, 1.165) is 23.1 Å². The number of likely N-dealkylation sites (N-methyl/N-ethyl adjacent to an activating group) is 1. The fourth-order valence-corrected chi connectivity index (χ4v) is 4.57. The predicted molar refractivity (Wildman–Crippen MR) is 160 cm³/mol. The average Bonchev–Trinajstić information content (AvgIpc) is 2.98. The van der Waals surface area contributed by atoms with Gasteiger partial charge in [-0.1, -0.05) is 49.7 Å². The number of carbonyl (C=O) groups is 4. The number of rotatable bonds is 7. The lowest BCUT2D eigenvalue weighted by Gasteiger charge is -2.24. The summed E-state index contributed by atoms with van der Waals surface area (Å²) in [6.07, 6.45) is 2.56. The highest BCUT2D eigenvalue weighted by Gasteiger charge is 2.27. The van der Waals surface area contributed by atoms with Crippen LogP contribution in [0.15, 0.2) is 48.5 Å². The van der Waals surface area contributed by atoms with Crippen molar-refractivity contribution in [3.63, 3.8) is 0 Å². The van der Waals surface area contributed by atoms with E-state index in [1.165, 1.54) is 0 Å². The van der Waals surface area contributed by atoms with E-state index in [2.05, 4.69) is 16.0 Å². The summed E-state index contributed by atoms with van der Waals surface area (Å²) in [7, 11) is 1.71. The van der Waals surface area contributed by atoms with Gasteiger partial charge in [-0.25, -0.2) is 4.79 Å². The van der Waals surface area contributed by atoms with Crippen LogP contribution in [0.3, 0.4) is 0 Å². The first-order valence-corrected chi connectivity index (χ1v) is 14.8. The van der Waals surface area contributed by atoms with Gasteiger partial charge in [0.2, 0.25) is 17.7 Å². The largest absolute Gasteiger partial charge is 0.492 e. The van der Waals surface area contributed by atoms with Crippen molar-refractivity contribution >= 4 is 23.8 Å². The van der Waals surface area contributed by atoms with Crippen molar-refractivity contribution in [3.05, 3.63) is 65.2 Å². The van der Waals surface area contributed by atoms with Crippen LogP contribution < -0.4 is 20.7 Å². The van der Waals surface area contributed by atoms with Gasteiger partial charge in [0, 0.05) is 20.0 Å². The third-order valence-corrected chi connectivity index (χ3v) is 7.32. The second-order valence-corrected chi connectivity index (χ2v) is 10.6. The Balaban J connectivity index is 1.83. The lowest BCUT2D eigenvalue weighted by Crippen LogP contribution is -2.54. The molecule has 42 heavy (non-hydrogen) atoms. The van der Waals surface area contributed by atoms with E-state index in [1.807, 2.05) is 62.4 Å². The van der Waals surface area contributed by atoms with Crippen LogP contribution in [0.1, 0.15) is 62.1 Å². The predicted octanol–water partition coefficient (Wildman–Crippen LogP) is 3.64. The van der Waals surface area contributed by atoms with E-state index in [9.17, 15) is 19.2 Å². The van der Waals surface area contributed by atoms with E-state index in [0.29, 0.717) is 44.6 Å². The van der Waals surface area contributed by atoms with Crippen LogP contribution in [0, 0.1) is 6.92 Å². The number of unbranched alkanes of at least 4 members (excludes halogenated alkanes) is 1. The third-order valence-electron chi connectivity index (χ3n) is 7.32. The molecule has 2 aromatic rings. The first-order valence-electron chi connectivity index (χ1n) is 14.8. The summed E-state index contributed by atoms with van der Waals surface area (Å²) in [5.41, 5.74) is 2.91. The second kappa shape index (κ2) is 17.0. The Morgan fingerprint density at radius 2 is 1.90 bits per heavy atom. The van der Waals surface area contributed by atoms with E-state index in [1.54, 1.807) is 11.9 Å². The SMILES string of the molecule is CCCCOC(=O)N[C@H]1CCCC(=O)N(C)CCOc2ccc(C)c(c2)CNC(=O)[C@H](CCc2ccccc2)NC1=O. The Morgan fingerprint density at radius 1 is 1.12 bits per heavy atom. The van der Waals surface area contributed by atoms with Gasteiger partial charge in [0.1, 0.15) is 24.4 Å². The molecule has 2 bridgehead atoms. The molecular formula is C32H44N4O6. The molecule has 0 unspecified atom stereocenters. The van der Waals surface area contributed by atoms with Gasteiger partial charge in [-0.2, -0.15) is 0 Å². The minimum atomic E-state index is -0.967. The number of hydrogen-bond acceptors (Lipinski definition) is 6. The topological polar surface area (TPSA) is 126 Å². The number of benzene rings is 2. The molecule has 0 aliphatic carbocycles. The molecule has 4 amide bonds. The molecule has 0 aromatic heterocycles. The lowest BCUT2D eigenvalue weighted by molar-refractivity contribution is -0.131. The normalized spacial score (nSPS) is 19.0. The van der Waals surface area contributed by atoms with Crippen molar-refractivity contribution in [2.45, 2.75) is 77.4 Å². The van der Waals surface area contributed by atoms with Crippen LogP contribution in [-0.2, 0) is 32.1 Å². The lowest BCUT2D eigenvalue weighted by atomic mass is 10.0. The maximum absolute atomic E-state index is 13.5. The van der Waals surface area contributed by atoms with E-state index in [4.69, 9.17) is 9.47 Å². The number of aryl methyl sites for hydroxylation is 2. The fourth-order valence-electron chi connectivity index (χ4n) is 4.57. The van der Waals surface area contributed by atoms with Crippen molar-refractivity contribution in [3.8, 4) is 5.75 Å². The summed E-state index contributed by atoms with van der Waals surface area (Å²) in [5, 5.41) is 8.48. The van der Waals surface area contributed by atoms with Crippen molar-refractivity contribution in [2.24, 2.45) is 0 Å². The first kappa shape index (κ1) is 32.4. The van der Waals surface area contributed by atoms with Crippen LogP contribution in [0.5, 0.6) is 5.75 Å². The Labute approximate surface area is 248 Å². The molecule has 10 heteroatoms. The Morgan fingerprint density at radius 3 is 2.67 bits per heavy atom. The molecule has 3 rings (SSSR count). The maximum atomic E-state index is 13.5. The van der Waals surface area contributed by atoms with Gasteiger partial charge in [0.25, 0.3) is 0 Å². The molecule has 2 atom stereocenters. The molecule has 0 spiro atoms. The molecule has 1 aliphatic heterocycles. The van der Waals surface area contributed by atoms with Crippen LogP contribution in [-0.4, -0.2) is 67.6 Å². The van der Waals surface area contributed by atoms with E-state index >= 15 is 0 Å². The molecule has 0 radical (unpaired) electrons. The summed E-state index contributed by atoms with van der Waals surface area (Å²) < 4.78 is 11.1. The summed E-state index contributed by atoms with van der Waals surface area (Å²) >= 11 is 0. The van der Waals surface area contributed by atoms with Gasteiger partial charge in [-0.15, -0.1) is 0 Å². The Bertz CT molecular complexity index is 1190. The minimum absolute atomic E-state index is 0.0888. The third kappa shape index (κ3) is 10.7. The molecule has 0 saturated carbocycles. The van der Waals surface area contributed by atoms with Crippen molar-refractivity contribution < 1.29 is 28.7 Å². The highest BCUT2D eigenvalue weighted by molar-refractivity contribution is 5.91. The summed E-state index contributed by atoms with van der Waals surface area (Å²) in [5.74, 6) is -0.258. The zero-order chi connectivity index (χ0) is 30.3. The van der Waals surface area contributed by atoms with Gasteiger partial charge in [0.05, 0.1) is 13.2 Å². The Hall–Kier alpha value is -4.08. The number of ether oxygens (including phenoxy) is 2. The minimum Gasteiger partial charge on any atom is -0.492 e. The standard InChI is InChI=1S/C32H44N4O6/c1-4-5-19-42-32(40)35-27-12-9-13-29(37)36(3)18-20-41-26-16-14-23(2)25(21-26)22-33-30(38)28(34-31(27)39)17-15-24-10-7-6-8-11-24/h6-8,10-11,14,16,21,27-28H,4-5,9,12-13,15,17-20,22H2,1-3H3,(H,33,38)(H,34,39)(H,35,40)/t27-,28-/m0/s1. The summed E-state index contributed by atoms with van der Waals surface area (Å²) in [6.45, 7) is 5.14. The van der Waals surface area contributed by atoms with Gasteiger partial charge in [-0.05, 0) is 67.9 Å². The zero-order valence-electron chi connectivity index (χ0n) is 24.9. The van der Waals surface area contributed by atoms with Gasteiger partial charge in [0.15, 0.2) is 0 Å². The van der Waals surface area contributed by atoms with E-state index in [-0.39, 0.29) is 37.8 Å².